The van der Waals surface area contributed by atoms with Crippen LogP contribution in [0.2, 0.25) is 0 Å². The van der Waals surface area contributed by atoms with Gasteiger partial charge in [-0.1, -0.05) is 46.5 Å². The van der Waals surface area contributed by atoms with Gasteiger partial charge < -0.3 is 25.4 Å². The average molecular weight is 532 g/mol. The van der Waals surface area contributed by atoms with Gasteiger partial charge in [0.05, 0.1) is 18.8 Å². The van der Waals surface area contributed by atoms with Crippen LogP contribution < -0.4 is 15.4 Å². The van der Waals surface area contributed by atoms with Crippen molar-refractivity contribution >= 4 is 17.7 Å². The Bertz CT molecular complexity index is 906. The first-order valence-corrected chi connectivity index (χ1v) is 14.5. The molecule has 0 aliphatic carbocycles. The molecule has 0 radical (unpaired) electrons. The van der Waals surface area contributed by atoms with Crippen LogP contribution in [-0.4, -0.2) is 66.1 Å². The van der Waals surface area contributed by atoms with Crippen LogP contribution in [0.1, 0.15) is 107 Å². The Labute approximate surface area is 228 Å². The van der Waals surface area contributed by atoms with Crippen molar-refractivity contribution in [2.24, 2.45) is 11.8 Å². The summed E-state index contributed by atoms with van der Waals surface area (Å²) in [6.07, 6.45) is 5.80. The third-order valence-corrected chi connectivity index (χ3v) is 7.33. The van der Waals surface area contributed by atoms with Gasteiger partial charge in [-0.3, -0.25) is 14.4 Å². The number of ether oxygens (including phenoxy) is 1. The van der Waals surface area contributed by atoms with E-state index in [1.165, 1.54) is 0 Å². The molecule has 2 bridgehead atoms. The number of hydrogen-bond donors (Lipinski definition) is 3. The Balaban J connectivity index is 2.32. The van der Waals surface area contributed by atoms with E-state index in [1.807, 2.05) is 25.7 Å². The molecule has 4 atom stereocenters. The van der Waals surface area contributed by atoms with E-state index in [-0.39, 0.29) is 36.0 Å². The molecule has 1 aliphatic rings. The lowest BCUT2D eigenvalue weighted by Crippen LogP contribution is -2.46. The molecule has 1 aliphatic heterocycles. The lowest BCUT2D eigenvalue weighted by molar-refractivity contribution is -0.125. The molecule has 1 aromatic rings. The number of rotatable bonds is 10. The molecule has 0 aromatic heterocycles. The van der Waals surface area contributed by atoms with Gasteiger partial charge in [-0.2, -0.15) is 0 Å². The molecule has 8 heteroatoms. The molecular formula is C30H49N3O5. The van der Waals surface area contributed by atoms with Crippen molar-refractivity contribution in [2.75, 3.05) is 26.2 Å². The van der Waals surface area contributed by atoms with Gasteiger partial charge in [0.15, 0.2) is 0 Å². The van der Waals surface area contributed by atoms with Crippen LogP contribution in [-0.2, 0) is 4.79 Å². The predicted molar refractivity (Wildman–Crippen MR) is 150 cm³/mol. The van der Waals surface area contributed by atoms with Crippen molar-refractivity contribution < 1.29 is 24.2 Å². The van der Waals surface area contributed by atoms with Crippen LogP contribution in [0.4, 0.5) is 0 Å². The summed E-state index contributed by atoms with van der Waals surface area (Å²) in [6, 6.07) is 4.42. The normalized spacial score (nSPS) is 21.1. The number of amides is 3. The standard InChI is InChI=1S/C30H49N3O5/c1-6-9-14-31-28(35)22(5)17-27(34)26-16-21(4)13-11-10-12-15-33(7-2)30(37)24-18-23(29(36)32-26)19-25(20-24)38-8-3/h18-22,26-27,34H,6-17H2,1-5H3,(H,31,35)(H,32,36)/t21-,22-,26+,27+/m1/s1. The molecule has 0 fully saturated rings. The maximum Gasteiger partial charge on any atom is 0.254 e. The zero-order chi connectivity index (χ0) is 28.1. The first-order chi connectivity index (χ1) is 18.2. The number of aliphatic hydroxyl groups is 1. The van der Waals surface area contributed by atoms with E-state index >= 15 is 0 Å². The number of unbranched alkanes of at least 4 members (excludes halogenated alkanes) is 1. The lowest BCUT2D eigenvalue weighted by atomic mass is 9.89. The topological polar surface area (TPSA) is 108 Å². The highest BCUT2D eigenvalue weighted by Gasteiger charge is 2.28. The molecule has 0 spiro atoms. The summed E-state index contributed by atoms with van der Waals surface area (Å²) in [7, 11) is 0. The molecule has 214 valence electrons. The molecule has 38 heavy (non-hydrogen) atoms. The number of benzene rings is 1. The summed E-state index contributed by atoms with van der Waals surface area (Å²) in [6.45, 7) is 12.1. The second-order valence-electron chi connectivity index (χ2n) is 10.7. The van der Waals surface area contributed by atoms with Crippen LogP contribution in [0.3, 0.4) is 0 Å². The second-order valence-corrected chi connectivity index (χ2v) is 10.7. The monoisotopic (exact) mass is 531 g/mol. The highest BCUT2D eigenvalue weighted by Crippen LogP contribution is 2.23. The summed E-state index contributed by atoms with van der Waals surface area (Å²) in [5.41, 5.74) is 0.737. The van der Waals surface area contributed by atoms with Gasteiger partial charge in [0.2, 0.25) is 5.91 Å². The number of carbonyl (C=O) groups excluding carboxylic acids is 3. The Morgan fingerprint density at radius 2 is 1.89 bits per heavy atom. The van der Waals surface area contributed by atoms with Gasteiger partial charge in [0, 0.05) is 36.7 Å². The highest BCUT2D eigenvalue weighted by atomic mass is 16.5. The van der Waals surface area contributed by atoms with Crippen molar-refractivity contribution in [1.82, 2.24) is 15.5 Å². The Morgan fingerprint density at radius 3 is 2.58 bits per heavy atom. The van der Waals surface area contributed by atoms with E-state index < -0.39 is 12.1 Å². The summed E-state index contributed by atoms with van der Waals surface area (Å²) in [4.78, 5) is 41.1. The van der Waals surface area contributed by atoms with Crippen LogP contribution in [0, 0.1) is 11.8 Å². The van der Waals surface area contributed by atoms with E-state index in [1.54, 1.807) is 18.2 Å². The molecule has 1 heterocycles. The number of carbonyl (C=O) groups is 3. The van der Waals surface area contributed by atoms with Gasteiger partial charge in [-0.15, -0.1) is 0 Å². The van der Waals surface area contributed by atoms with Crippen LogP contribution in [0.15, 0.2) is 18.2 Å². The summed E-state index contributed by atoms with van der Waals surface area (Å²) in [5.74, 6) is -0.200. The van der Waals surface area contributed by atoms with Gasteiger partial charge in [0.1, 0.15) is 5.75 Å². The van der Waals surface area contributed by atoms with Crippen molar-refractivity contribution in [3.63, 3.8) is 0 Å². The van der Waals surface area contributed by atoms with E-state index in [9.17, 15) is 19.5 Å². The minimum atomic E-state index is -0.879. The maximum atomic E-state index is 13.5. The zero-order valence-electron chi connectivity index (χ0n) is 24.1. The number of nitrogens with zero attached hydrogens (tertiary/aromatic N) is 1. The Hall–Kier alpha value is -2.61. The fourth-order valence-electron chi connectivity index (χ4n) is 4.97. The number of aliphatic hydroxyl groups excluding tert-OH is 1. The molecule has 3 amide bonds. The quantitative estimate of drug-likeness (QED) is 0.384. The van der Waals surface area contributed by atoms with E-state index in [0.717, 1.165) is 38.5 Å². The van der Waals surface area contributed by atoms with E-state index in [0.29, 0.717) is 49.5 Å². The fraction of sp³-hybridized carbons (Fsp3) is 0.700. The van der Waals surface area contributed by atoms with Crippen molar-refractivity contribution in [1.29, 1.82) is 0 Å². The van der Waals surface area contributed by atoms with Crippen LogP contribution in [0.25, 0.3) is 0 Å². The Morgan fingerprint density at radius 1 is 1.16 bits per heavy atom. The molecule has 8 nitrogen and oxygen atoms in total. The Kier molecular flexibility index (Phi) is 13.6. The number of fused-ring (bicyclic) bond motifs is 2. The zero-order valence-corrected chi connectivity index (χ0v) is 24.1. The van der Waals surface area contributed by atoms with E-state index in [2.05, 4.69) is 24.5 Å². The fourth-order valence-corrected chi connectivity index (χ4v) is 4.97. The van der Waals surface area contributed by atoms with Crippen molar-refractivity contribution in [3.05, 3.63) is 29.3 Å². The molecule has 0 saturated heterocycles. The minimum Gasteiger partial charge on any atom is -0.494 e. The van der Waals surface area contributed by atoms with Crippen molar-refractivity contribution in [2.45, 2.75) is 98.1 Å². The molecule has 3 N–H and O–H groups in total. The van der Waals surface area contributed by atoms with Crippen LogP contribution >= 0.6 is 0 Å². The molecule has 2 rings (SSSR count). The van der Waals surface area contributed by atoms with Gasteiger partial charge in [-0.25, -0.2) is 0 Å². The van der Waals surface area contributed by atoms with Crippen molar-refractivity contribution in [3.8, 4) is 5.75 Å². The smallest absolute Gasteiger partial charge is 0.254 e. The van der Waals surface area contributed by atoms with Gasteiger partial charge >= 0.3 is 0 Å². The third kappa shape index (κ3) is 9.93. The van der Waals surface area contributed by atoms with Gasteiger partial charge in [-0.05, 0) is 63.6 Å². The first-order valence-electron chi connectivity index (χ1n) is 14.5. The summed E-state index contributed by atoms with van der Waals surface area (Å²) in [5, 5.41) is 17.2. The van der Waals surface area contributed by atoms with Crippen LogP contribution in [0.5, 0.6) is 5.75 Å². The largest absolute Gasteiger partial charge is 0.494 e. The number of nitrogens with one attached hydrogen (secondary N) is 2. The third-order valence-electron chi connectivity index (χ3n) is 7.33. The summed E-state index contributed by atoms with van der Waals surface area (Å²) >= 11 is 0. The van der Waals surface area contributed by atoms with Gasteiger partial charge in [0.25, 0.3) is 11.8 Å². The second kappa shape index (κ2) is 16.4. The SMILES string of the molecule is CCCCNC(=O)[C@H](C)C[C@H](O)[C@@H]1C[C@H](C)CCCCCN(CC)C(=O)c2cc(OCC)cc(c2)C(=O)N1. The molecule has 1 aromatic carbocycles. The predicted octanol–water partition coefficient (Wildman–Crippen LogP) is 4.55. The molecule has 0 unspecified atom stereocenters. The highest BCUT2D eigenvalue weighted by molar-refractivity contribution is 6.00. The maximum absolute atomic E-state index is 13.5. The average Bonchev–Trinajstić information content (AvgIpc) is 2.89. The molecular weight excluding hydrogens is 482 g/mol. The van der Waals surface area contributed by atoms with E-state index in [4.69, 9.17) is 4.74 Å². The minimum absolute atomic E-state index is 0.0814. The summed E-state index contributed by atoms with van der Waals surface area (Å²) < 4.78 is 5.68. The number of hydrogen-bond acceptors (Lipinski definition) is 5. The first kappa shape index (κ1) is 31.6. The lowest BCUT2D eigenvalue weighted by Gasteiger charge is -2.28. The molecule has 0 saturated carbocycles.